The highest BCUT2D eigenvalue weighted by atomic mass is 16.5. The van der Waals surface area contributed by atoms with Gasteiger partial charge >= 0.3 is 12.1 Å². The van der Waals surface area contributed by atoms with Crippen molar-refractivity contribution in [2.45, 2.75) is 25.9 Å². The van der Waals surface area contributed by atoms with Crippen molar-refractivity contribution < 1.29 is 14.3 Å². The van der Waals surface area contributed by atoms with E-state index in [0.29, 0.717) is 19.6 Å². The summed E-state index contributed by atoms with van der Waals surface area (Å²) in [5.74, 6) is 0. The monoisotopic (exact) mass is 348 g/mol. The van der Waals surface area contributed by atoms with E-state index in [0.717, 1.165) is 25.2 Å². The van der Waals surface area contributed by atoms with Gasteiger partial charge in [-0.1, -0.05) is 36.8 Å². The van der Waals surface area contributed by atoms with Gasteiger partial charge in [-0.25, -0.2) is 9.59 Å². The summed E-state index contributed by atoms with van der Waals surface area (Å²) in [6.07, 6.45) is 3.32. The first-order chi connectivity index (χ1) is 12.2. The smallest absolute Gasteiger partial charge is 0.407 e. The number of carbonyl (C=O) groups excluding carboxylic acids is 2. The van der Waals surface area contributed by atoms with Crippen LogP contribution in [-0.4, -0.2) is 56.3 Å². The lowest BCUT2D eigenvalue weighted by atomic mass is 10.1. The molecule has 3 amide bonds. The van der Waals surface area contributed by atoms with Crippen molar-refractivity contribution in [1.29, 1.82) is 0 Å². The fourth-order valence-electron chi connectivity index (χ4n) is 2.69. The van der Waals surface area contributed by atoms with Gasteiger partial charge in [0, 0.05) is 26.2 Å². The molecule has 1 aromatic carbocycles. The van der Waals surface area contributed by atoms with E-state index in [4.69, 9.17) is 4.74 Å². The van der Waals surface area contributed by atoms with Gasteiger partial charge in [0.1, 0.15) is 6.61 Å². The molecule has 0 aliphatic carbocycles. The third kappa shape index (κ3) is 8.39. The van der Waals surface area contributed by atoms with Crippen LogP contribution in [0.2, 0.25) is 0 Å². The molecule has 0 atom stereocenters. The molecule has 0 unspecified atom stereocenters. The summed E-state index contributed by atoms with van der Waals surface area (Å²) in [4.78, 5) is 25.6. The molecular formula is C18H28N4O3. The fraction of sp³-hybridized carbons (Fsp3) is 0.556. The van der Waals surface area contributed by atoms with Crippen molar-refractivity contribution in [1.82, 2.24) is 20.9 Å². The number of rotatable bonds is 8. The van der Waals surface area contributed by atoms with E-state index in [2.05, 4.69) is 20.9 Å². The summed E-state index contributed by atoms with van der Waals surface area (Å²) in [6.45, 7) is 4.69. The van der Waals surface area contributed by atoms with E-state index in [1.165, 1.54) is 19.3 Å². The number of carbonyl (C=O) groups is 2. The van der Waals surface area contributed by atoms with Crippen LogP contribution in [0, 0.1) is 0 Å². The highest BCUT2D eigenvalue weighted by Crippen LogP contribution is 2.07. The van der Waals surface area contributed by atoms with Crippen LogP contribution >= 0.6 is 0 Å². The first kappa shape index (κ1) is 19.1. The number of ether oxygens (including phenoxy) is 1. The minimum Gasteiger partial charge on any atom is -0.445 e. The van der Waals surface area contributed by atoms with E-state index in [1.54, 1.807) is 0 Å². The average Bonchev–Trinajstić information content (AvgIpc) is 2.65. The van der Waals surface area contributed by atoms with Crippen LogP contribution in [0.4, 0.5) is 9.59 Å². The Morgan fingerprint density at radius 3 is 2.36 bits per heavy atom. The van der Waals surface area contributed by atoms with Crippen molar-refractivity contribution in [3.8, 4) is 0 Å². The Hall–Kier alpha value is -2.28. The summed E-state index contributed by atoms with van der Waals surface area (Å²) in [5.41, 5.74) is 0.934. The van der Waals surface area contributed by atoms with Crippen molar-refractivity contribution in [2.75, 3.05) is 39.3 Å². The Morgan fingerprint density at radius 1 is 0.920 bits per heavy atom. The van der Waals surface area contributed by atoms with Crippen LogP contribution in [-0.2, 0) is 11.3 Å². The standard InChI is InChI=1S/C18H28N4O3/c23-17(20-11-14-22-12-5-2-6-13-22)19-9-10-21-18(24)25-15-16-7-3-1-4-8-16/h1,3-4,7-8H,2,5-6,9-15H2,(H,21,24)(H2,19,20,23). The number of nitrogens with one attached hydrogen (secondary N) is 3. The molecule has 1 aliphatic heterocycles. The number of urea groups is 1. The molecule has 1 fully saturated rings. The summed E-state index contributed by atoms with van der Waals surface area (Å²) in [5, 5.41) is 8.14. The Balaban J connectivity index is 1.44. The van der Waals surface area contributed by atoms with Gasteiger partial charge in [0.25, 0.3) is 0 Å². The van der Waals surface area contributed by atoms with E-state index in [9.17, 15) is 9.59 Å². The summed E-state index contributed by atoms with van der Waals surface area (Å²) < 4.78 is 5.08. The Bertz CT molecular complexity index is 518. The maximum absolute atomic E-state index is 11.7. The largest absolute Gasteiger partial charge is 0.445 e. The lowest BCUT2D eigenvalue weighted by Gasteiger charge is -2.26. The predicted molar refractivity (Wildman–Crippen MR) is 96.3 cm³/mol. The van der Waals surface area contributed by atoms with Crippen molar-refractivity contribution in [3.05, 3.63) is 35.9 Å². The van der Waals surface area contributed by atoms with Gasteiger partial charge in [0.15, 0.2) is 0 Å². The van der Waals surface area contributed by atoms with Gasteiger partial charge < -0.3 is 25.6 Å². The Labute approximate surface area is 149 Å². The molecule has 1 aromatic rings. The molecule has 3 N–H and O–H groups in total. The van der Waals surface area contributed by atoms with E-state index in [-0.39, 0.29) is 12.6 Å². The fourth-order valence-corrected chi connectivity index (χ4v) is 2.69. The van der Waals surface area contributed by atoms with Crippen molar-refractivity contribution in [2.24, 2.45) is 0 Å². The maximum Gasteiger partial charge on any atom is 0.407 e. The molecule has 1 saturated heterocycles. The van der Waals surface area contributed by atoms with Crippen LogP contribution in [0.1, 0.15) is 24.8 Å². The normalized spacial score (nSPS) is 14.6. The van der Waals surface area contributed by atoms with Crippen LogP contribution in [0.25, 0.3) is 0 Å². The molecule has 1 heterocycles. The minimum absolute atomic E-state index is 0.212. The molecule has 0 aromatic heterocycles. The molecule has 138 valence electrons. The molecule has 0 radical (unpaired) electrons. The summed E-state index contributed by atoms with van der Waals surface area (Å²) in [6, 6.07) is 9.27. The van der Waals surface area contributed by atoms with Crippen LogP contribution in [0.3, 0.4) is 0 Å². The minimum atomic E-state index is -0.490. The number of likely N-dealkylation sites (tertiary alicyclic amines) is 1. The van der Waals surface area contributed by atoms with E-state index >= 15 is 0 Å². The predicted octanol–water partition coefficient (Wildman–Crippen LogP) is 1.70. The topological polar surface area (TPSA) is 82.7 Å². The summed E-state index contributed by atoms with van der Waals surface area (Å²) in [7, 11) is 0. The highest BCUT2D eigenvalue weighted by molar-refractivity contribution is 5.73. The second-order valence-electron chi connectivity index (χ2n) is 6.07. The van der Waals surface area contributed by atoms with Crippen LogP contribution in [0.5, 0.6) is 0 Å². The van der Waals surface area contributed by atoms with Gasteiger partial charge in [0.2, 0.25) is 0 Å². The number of hydrogen-bond donors (Lipinski definition) is 3. The Kier molecular flexibility index (Phi) is 8.61. The number of nitrogens with zero attached hydrogens (tertiary/aromatic N) is 1. The molecular weight excluding hydrogens is 320 g/mol. The first-order valence-corrected chi connectivity index (χ1v) is 8.92. The van der Waals surface area contributed by atoms with Gasteiger partial charge in [-0.2, -0.15) is 0 Å². The van der Waals surface area contributed by atoms with E-state index in [1.807, 2.05) is 30.3 Å². The van der Waals surface area contributed by atoms with Gasteiger partial charge in [0.05, 0.1) is 0 Å². The molecule has 0 saturated carbocycles. The van der Waals surface area contributed by atoms with Gasteiger partial charge in [-0.3, -0.25) is 0 Å². The quantitative estimate of drug-likeness (QED) is 0.625. The lowest BCUT2D eigenvalue weighted by molar-refractivity contribution is 0.139. The second kappa shape index (κ2) is 11.3. The van der Waals surface area contributed by atoms with Gasteiger partial charge in [-0.05, 0) is 31.5 Å². The third-order valence-corrected chi connectivity index (χ3v) is 4.05. The molecule has 7 heteroatoms. The van der Waals surface area contributed by atoms with Crippen LogP contribution in [0.15, 0.2) is 30.3 Å². The zero-order chi connectivity index (χ0) is 17.7. The number of amides is 3. The number of piperidine rings is 1. The van der Waals surface area contributed by atoms with E-state index < -0.39 is 6.09 Å². The maximum atomic E-state index is 11.7. The molecule has 1 aliphatic rings. The molecule has 0 spiro atoms. The molecule has 2 rings (SSSR count). The first-order valence-electron chi connectivity index (χ1n) is 8.92. The van der Waals surface area contributed by atoms with Gasteiger partial charge in [-0.15, -0.1) is 0 Å². The van der Waals surface area contributed by atoms with Crippen molar-refractivity contribution in [3.63, 3.8) is 0 Å². The zero-order valence-corrected chi connectivity index (χ0v) is 14.6. The zero-order valence-electron chi connectivity index (χ0n) is 14.6. The number of benzene rings is 1. The number of hydrogen-bond acceptors (Lipinski definition) is 4. The molecule has 0 bridgehead atoms. The lowest BCUT2D eigenvalue weighted by Crippen LogP contribution is -2.43. The SMILES string of the molecule is O=C(NCCNC(=O)OCc1ccccc1)NCCN1CCCCC1. The third-order valence-electron chi connectivity index (χ3n) is 4.05. The molecule has 25 heavy (non-hydrogen) atoms. The van der Waals surface area contributed by atoms with Crippen molar-refractivity contribution >= 4 is 12.1 Å². The average molecular weight is 348 g/mol. The second-order valence-corrected chi connectivity index (χ2v) is 6.07. The Morgan fingerprint density at radius 2 is 1.60 bits per heavy atom. The number of alkyl carbamates (subject to hydrolysis) is 1. The highest BCUT2D eigenvalue weighted by Gasteiger charge is 2.09. The molecule has 7 nitrogen and oxygen atoms in total. The van der Waals surface area contributed by atoms with Crippen LogP contribution < -0.4 is 16.0 Å². The summed E-state index contributed by atoms with van der Waals surface area (Å²) >= 11 is 0.